The maximum absolute atomic E-state index is 12.9. The molecule has 6 heteroatoms. The summed E-state index contributed by atoms with van der Waals surface area (Å²) in [6, 6.07) is 13.0. The fraction of sp³-hybridized carbons (Fsp3) is 0.263. The third-order valence-corrected chi connectivity index (χ3v) is 5.60. The number of aryl methyl sites for hydroxylation is 1. The summed E-state index contributed by atoms with van der Waals surface area (Å²) in [5.41, 5.74) is 2.58. The van der Waals surface area contributed by atoms with Crippen molar-refractivity contribution < 1.29 is 4.79 Å². The highest BCUT2D eigenvalue weighted by Gasteiger charge is 2.22. The number of carbonyl (C=O) groups is 1. The molecule has 130 valence electrons. The Labute approximate surface area is 162 Å². The van der Waals surface area contributed by atoms with E-state index in [1.165, 1.54) is 0 Å². The lowest BCUT2D eigenvalue weighted by molar-refractivity contribution is 0.100. The van der Waals surface area contributed by atoms with E-state index in [2.05, 4.69) is 4.99 Å². The number of anilines is 1. The molecule has 0 aliphatic carbocycles. The second-order valence-corrected chi connectivity index (χ2v) is 7.69. The average molecular weight is 393 g/mol. The van der Waals surface area contributed by atoms with E-state index in [0.29, 0.717) is 15.6 Å². The maximum Gasteiger partial charge on any atom is 0.184 e. The van der Waals surface area contributed by atoms with E-state index in [-0.39, 0.29) is 12.3 Å². The van der Waals surface area contributed by atoms with E-state index in [9.17, 15) is 4.79 Å². The molecule has 0 bridgehead atoms. The van der Waals surface area contributed by atoms with Gasteiger partial charge in [-0.05, 0) is 43.2 Å². The molecule has 1 aliphatic rings. The fourth-order valence-electron chi connectivity index (χ4n) is 2.68. The van der Waals surface area contributed by atoms with Crippen LogP contribution in [-0.4, -0.2) is 29.8 Å². The van der Waals surface area contributed by atoms with E-state index in [0.717, 1.165) is 35.1 Å². The molecule has 0 aromatic heterocycles. The standard InChI is InChI=1S/C19H18Cl2N2OS/c1-13-5-2-3-6-17(13)23(19-22-9-4-10-25-19)12-18(24)15-8-7-14(20)11-16(15)21/h2-3,5-8,11H,4,9-10,12H2,1H3. The highest BCUT2D eigenvalue weighted by Crippen LogP contribution is 2.27. The number of thioether (sulfide) groups is 1. The van der Waals surface area contributed by atoms with E-state index in [1.54, 1.807) is 30.0 Å². The van der Waals surface area contributed by atoms with Crippen LogP contribution >= 0.6 is 35.0 Å². The van der Waals surface area contributed by atoms with Crippen LogP contribution in [0.25, 0.3) is 0 Å². The minimum atomic E-state index is -0.0567. The number of nitrogens with zero attached hydrogens (tertiary/aromatic N) is 2. The molecule has 0 amide bonds. The molecule has 0 N–H and O–H groups in total. The molecule has 3 rings (SSSR count). The first-order valence-corrected chi connectivity index (χ1v) is 9.79. The third-order valence-electron chi connectivity index (χ3n) is 3.95. The zero-order valence-corrected chi connectivity index (χ0v) is 16.2. The van der Waals surface area contributed by atoms with E-state index in [4.69, 9.17) is 23.2 Å². The zero-order chi connectivity index (χ0) is 17.8. The van der Waals surface area contributed by atoms with Gasteiger partial charge in [0, 0.05) is 28.6 Å². The molecular weight excluding hydrogens is 375 g/mol. The Bertz CT molecular complexity index is 823. The molecule has 1 heterocycles. The first-order chi connectivity index (χ1) is 12.1. The van der Waals surface area contributed by atoms with Gasteiger partial charge < -0.3 is 4.90 Å². The number of amidine groups is 1. The largest absolute Gasteiger partial charge is 0.313 e. The van der Waals surface area contributed by atoms with Gasteiger partial charge in [-0.1, -0.05) is 53.2 Å². The van der Waals surface area contributed by atoms with E-state index < -0.39 is 0 Å². The lowest BCUT2D eigenvalue weighted by Gasteiger charge is -2.28. The summed E-state index contributed by atoms with van der Waals surface area (Å²) >= 11 is 13.8. The second kappa shape index (κ2) is 8.26. The summed E-state index contributed by atoms with van der Waals surface area (Å²) in [4.78, 5) is 19.5. The first kappa shape index (κ1) is 18.3. The zero-order valence-electron chi connectivity index (χ0n) is 13.8. The Morgan fingerprint density at radius 1 is 1.24 bits per heavy atom. The van der Waals surface area contributed by atoms with Crippen LogP contribution in [-0.2, 0) is 0 Å². The highest BCUT2D eigenvalue weighted by molar-refractivity contribution is 8.14. The van der Waals surface area contributed by atoms with Crippen LogP contribution in [0, 0.1) is 6.92 Å². The van der Waals surface area contributed by atoms with Crippen LogP contribution in [0.2, 0.25) is 10.0 Å². The Morgan fingerprint density at radius 2 is 2.04 bits per heavy atom. The number of ketones is 1. The van der Waals surface area contributed by atoms with Crippen LogP contribution in [0.4, 0.5) is 5.69 Å². The molecule has 0 unspecified atom stereocenters. The SMILES string of the molecule is Cc1ccccc1N(CC(=O)c1ccc(Cl)cc1Cl)C1=NCCCS1. The van der Waals surface area contributed by atoms with Gasteiger partial charge in [-0.3, -0.25) is 9.79 Å². The molecule has 0 radical (unpaired) electrons. The number of benzene rings is 2. The minimum absolute atomic E-state index is 0.0567. The van der Waals surface area contributed by atoms with E-state index >= 15 is 0 Å². The molecule has 0 saturated carbocycles. The van der Waals surface area contributed by atoms with Gasteiger partial charge in [-0.25, -0.2) is 0 Å². The Hall–Kier alpha value is -1.49. The van der Waals surface area contributed by atoms with Crippen molar-refractivity contribution in [1.29, 1.82) is 0 Å². The van der Waals surface area contributed by atoms with Crippen LogP contribution in [0.3, 0.4) is 0 Å². The molecule has 0 spiro atoms. The van der Waals surface area contributed by atoms with Gasteiger partial charge in [-0.2, -0.15) is 0 Å². The topological polar surface area (TPSA) is 32.7 Å². The van der Waals surface area contributed by atoms with Crippen molar-refractivity contribution in [1.82, 2.24) is 0 Å². The summed E-state index contributed by atoms with van der Waals surface area (Å²) in [5.74, 6) is 0.954. The number of carbonyl (C=O) groups excluding carboxylic acids is 1. The van der Waals surface area contributed by atoms with Gasteiger partial charge in [0.25, 0.3) is 0 Å². The Kier molecular flexibility index (Phi) is 6.05. The van der Waals surface area contributed by atoms with Crippen molar-refractivity contribution in [2.75, 3.05) is 23.7 Å². The lowest BCUT2D eigenvalue weighted by Crippen LogP contribution is -2.36. The van der Waals surface area contributed by atoms with Crippen molar-refractivity contribution in [2.45, 2.75) is 13.3 Å². The summed E-state index contributed by atoms with van der Waals surface area (Å²) < 4.78 is 0. The van der Waals surface area contributed by atoms with Crippen LogP contribution in [0.1, 0.15) is 22.3 Å². The lowest BCUT2D eigenvalue weighted by atomic mass is 10.1. The van der Waals surface area contributed by atoms with Gasteiger partial charge in [0.15, 0.2) is 11.0 Å². The molecular formula is C19H18Cl2N2OS. The number of hydrogen-bond donors (Lipinski definition) is 0. The minimum Gasteiger partial charge on any atom is -0.313 e. The summed E-state index contributed by atoms with van der Waals surface area (Å²) in [6.07, 6.45) is 1.06. The van der Waals surface area contributed by atoms with E-state index in [1.807, 2.05) is 36.1 Å². The van der Waals surface area contributed by atoms with Crippen molar-refractivity contribution in [3.05, 3.63) is 63.6 Å². The Balaban J connectivity index is 1.93. The number of halogens is 2. The number of aliphatic imine (C=N–C) groups is 1. The van der Waals surface area contributed by atoms with Gasteiger partial charge in [0.2, 0.25) is 0 Å². The van der Waals surface area contributed by atoms with Crippen molar-refractivity contribution in [3.8, 4) is 0 Å². The fourth-order valence-corrected chi connectivity index (χ4v) is 4.15. The maximum atomic E-state index is 12.9. The first-order valence-electron chi connectivity index (χ1n) is 8.05. The van der Waals surface area contributed by atoms with Crippen molar-refractivity contribution in [3.63, 3.8) is 0 Å². The molecule has 25 heavy (non-hydrogen) atoms. The van der Waals surface area contributed by atoms with Crippen LogP contribution < -0.4 is 4.90 Å². The van der Waals surface area contributed by atoms with Crippen molar-refractivity contribution in [2.24, 2.45) is 4.99 Å². The second-order valence-electron chi connectivity index (χ2n) is 5.79. The van der Waals surface area contributed by atoms with Gasteiger partial charge in [-0.15, -0.1) is 0 Å². The number of Topliss-reactive ketones (excluding diaryl/α,β-unsaturated/α-hetero) is 1. The molecule has 2 aromatic rings. The van der Waals surface area contributed by atoms with Gasteiger partial charge in [0.05, 0.1) is 11.6 Å². The Morgan fingerprint density at radius 3 is 2.72 bits per heavy atom. The molecule has 0 saturated heterocycles. The molecule has 0 fully saturated rings. The predicted molar refractivity (Wildman–Crippen MR) is 109 cm³/mol. The quantitative estimate of drug-likeness (QED) is 0.645. The normalized spacial score (nSPS) is 14.1. The van der Waals surface area contributed by atoms with Crippen LogP contribution in [0.5, 0.6) is 0 Å². The van der Waals surface area contributed by atoms with Gasteiger partial charge >= 0.3 is 0 Å². The van der Waals surface area contributed by atoms with Crippen molar-refractivity contribution >= 4 is 51.6 Å². The smallest absolute Gasteiger partial charge is 0.184 e. The number of para-hydroxylation sites is 1. The third kappa shape index (κ3) is 4.38. The molecule has 3 nitrogen and oxygen atoms in total. The monoisotopic (exact) mass is 392 g/mol. The number of rotatable bonds is 4. The summed E-state index contributed by atoms with van der Waals surface area (Å²) in [7, 11) is 0. The average Bonchev–Trinajstić information content (AvgIpc) is 2.61. The van der Waals surface area contributed by atoms with Crippen LogP contribution in [0.15, 0.2) is 47.5 Å². The summed E-state index contributed by atoms with van der Waals surface area (Å²) in [6.45, 7) is 3.02. The highest BCUT2D eigenvalue weighted by atomic mass is 35.5. The molecule has 1 aliphatic heterocycles. The molecule has 2 aromatic carbocycles. The van der Waals surface area contributed by atoms with Gasteiger partial charge in [0.1, 0.15) is 0 Å². The summed E-state index contributed by atoms with van der Waals surface area (Å²) in [5, 5.41) is 1.78. The predicted octanol–water partition coefficient (Wildman–Crippen LogP) is 5.48. The molecule has 0 atom stereocenters. The number of hydrogen-bond acceptors (Lipinski definition) is 4.